The van der Waals surface area contributed by atoms with Crippen molar-refractivity contribution in [2.75, 3.05) is 11.9 Å². The summed E-state index contributed by atoms with van der Waals surface area (Å²) in [6.45, 7) is 1.41. The molecule has 1 fully saturated rings. The van der Waals surface area contributed by atoms with E-state index in [1.165, 1.54) is 11.8 Å². The summed E-state index contributed by atoms with van der Waals surface area (Å²) in [7, 11) is 1.94. The number of hydrogen-bond donors (Lipinski definition) is 1. The smallest absolute Gasteiger partial charge is 0.255 e. The summed E-state index contributed by atoms with van der Waals surface area (Å²) in [5.74, 6) is 0.0373. The Morgan fingerprint density at radius 1 is 1.17 bits per heavy atom. The van der Waals surface area contributed by atoms with Gasteiger partial charge in [0.2, 0.25) is 5.91 Å². The lowest BCUT2D eigenvalue weighted by molar-refractivity contribution is -0.128. The summed E-state index contributed by atoms with van der Waals surface area (Å²) < 4.78 is 1.94. The molecule has 0 radical (unpaired) electrons. The minimum Gasteiger partial charge on any atom is -0.338 e. The molecule has 0 bridgehead atoms. The summed E-state index contributed by atoms with van der Waals surface area (Å²) in [4.78, 5) is 31.6. The van der Waals surface area contributed by atoms with E-state index < -0.39 is 0 Å². The highest BCUT2D eigenvalue weighted by atomic mass is 32.2. The summed E-state index contributed by atoms with van der Waals surface area (Å²) in [6, 6.07) is 15.1. The number of nitrogens with one attached hydrogen (secondary N) is 1. The molecule has 3 aromatic rings. The van der Waals surface area contributed by atoms with Gasteiger partial charge in [-0.05, 0) is 48.0 Å². The average molecular weight is 407 g/mol. The van der Waals surface area contributed by atoms with Gasteiger partial charge < -0.3 is 14.8 Å². The number of benzene rings is 2. The van der Waals surface area contributed by atoms with Gasteiger partial charge in [0.25, 0.3) is 5.91 Å². The predicted octanol–water partition coefficient (Wildman–Crippen LogP) is 3.95. The Morgan fingerprint density at radius 3 is 2.66 bits per heavy atom. The number of aryl methyl sites for hydroxylation is 1. The first-order valence-corrected chi connectivity index (χ1v) is 10.3. The van der Waals surface area contributed by atoms with Crippen LogP contribution in [0.15, 0.2) is 71.0 Å². The number of carbonyl (C=O) groups is 2. The first kappa shape index (κ1) is 19.3. The molecule has 6 nitrogen and oxygen atoms in total. The highest BCUT2D eigenvalue weighted by Gasteiger charge is 2.20. The maximum absolute atomic E-state index is 12.7. The SMILES string of the molecule is Cn1ccnc1Sc1ccccc1NC(=O)c1ccc(CN2CCCC2=O)cc1. The van der Waals surface area contributed by atoms with E-state index >= 15 is 0 Å². The molecular formula is C22H22N4O2S. The van der Waals surface area contributed by atoms with E-state index in [1.54, 1.807) is 18.3 Å². The third-order valence-corrected chi connectivity index (χ3v) is 6.03. The van der Waals surface area contributed by atoms with Crippen molar-refractivity contribution in [3.63, 3.8) is 0 Å². The van der Waals surface area contributed by atoms with Crippen LogP contribution in [0.25, 0.3) is 0 Å². The van der Waals surface area contributed by atoms with E-state index in [0.29, 0.717) is 18.5 Å². The van der Waals surface area contributed by atoms with Gasteiger partial charge in [0, 0.05) is 49.4 Å². The van der Waals surface area contributed by atoms with Crippen molar-refractivity contribution in [2.45, 2.75) is 29.4 Å². The molecule has 0 atom stereocenters. The standard InChI is InChI=1S/C22H22N4O2S/c1-25-14-12-23-22(25)29-19-6-3-2-5-18(19)24-21(28)17-10-8-16(9-11-17)15-26-13-4-7-20(26)27/h2-3,5-6,8-12,14H,4,7,13,15H2,1H3,(H,24,28). The summed E-state index contributed by atoms with van der Waals surface area (Å²) in [6.07, 6.45) is 5.20. The lowest BCUT2D eigenvalue weighted by Gasteiger charge is -2.15. The second kappa shape index (κ2) is 8.53. The third-order valence-electron chi connectivity index (χ3n) is 4.87. The Bertz CT molecular complexity index is 1030. The molecule has 1 saturated heterocycles. The number of rotatable bonds is 6. The molecular weight excluding hydrogens is 384 g/mol. The lowest BCUT2D eigenvalue weighted by Crippen LogP contribution is -2.23. The number of likely N-dealkylation sites (tertiary alicyclic amines) is 1. The molecule has 1 aliphatic rings. The fraction of sp³-hybridized carbons (Fsp3) is 0.227. The first-order chi connectivity index (χ1) is 14.1. The van der Waals surface area contributed by atoms with E-state index in [4.69, 9.17) is 0 Å². The van der Waals surface area contributed by atoms with Crippen LogP contribution in [0.1, 0.15) is 28.8 Å². The van der Waals surface area contributed by atoms with E-state index in [9.17, 15) is 9.59 Å². The number of aromatic nitrogens is 2. The van der Waals surface area contributed by atoms with Crippen LogP contribution in [0, 0.1) is 0 Å². The quantitative estimate of drug-likeness (QED) is 0.673. The van der Waals surface area contributed by atoms with Gasteiger partial charge in [-0.15, -0.1) is 0 Å². The maximum atomic E-state index is 12.7. The van der Waals surface area contributed by atoms with Crippen molar-refractivity contribution in [1.82, 2.24) is 14.5 Å². The number of para-hydroxylation sites is 1. The van der Waals surface area contributed by atoms with Crippen LogP contribution in [0.4, 0.5) is 5.69 Å². The predicted molar refractivity (Wildman–Crippen MR) is 113 cm³/mol. The minimum atomic E-state index is -0.165. The summed E-state index contributed by atoms with van der Waals surface area (Å²) >= 11 is 1.50. The van der Waals surface area contributed by atoms with E-state index in [2.05, 4.69) is 10.3 Å². The fourth-order valence-corrected chi connectivity index (χ4v) is 4.15. The van der Waals surface area contributed by atoms with Gasteiger partial charge in [-0.1, -0.05) is 24.3 Å². The van der Waals surface area contributed by atoms with Crippen molar-refractivity contribution < 1.29 is 9.59 Å². The molecule has 2 heterocycles. The van der Waals surface area contributed by atoms with Gasteiger partial charge in [0.05, 0.1) is 5.69 Å². The zero-order valence-electron chi connectivity index (χ0n) is 16.2. The molecule has 1 aromatic heterocycles. The van der Waals surface area contributed by atoms with Crippen molar-refractivity contribution in [3.05, 3.63) is 72.1 Å². The molecule has 2 aromatic carbocycles. The van der Waals surface area contributed by atoms with Gasteiger partial charge in [0.1, 0.15) is 0 Å². The average Bonchev–Trinajstić information content (AvgIpc) is 3.32. The number of carbonyl (C=O) groups excluding carboxylic acids is 2. The number of nitrogens with zero attached hydrogens (tertiary/aromatic N) is 3. The number of amides is 2. The molecule has 7 heteroatoms. The van der Waals surface area contributed by atoms with Gasteiger partial charge in [-0.2, -0.15) is 0 Å². The molecule has 0 spiro atoms. The molecule has 0 saturated carbocycles. The minimum absolute atomic E-state index is 0.165. The van der Waals surface area contributed by atoms with E-state index in [-0.39, 0.29) is 11.8 Å². The summed E-state index contributed by atoms with van der Waals surface area (Å²) in [5, 5.41) is 3.85. The van der Waals surface area contributed by atoms with Gasteiger partial charge in [-0.3, -0.25) is 9.59 Å². The molecule has 1 N–H and O–H groups in total. The van der Waals surface area contributed by atoms with Crippen LogP contribution in [-0.4, -0.2) is 32.8 Å². The van der Waals surface area contributed by atoms with Crippen molar-refractivity contribution in [1.29, 1.82) is 0 Å². The Labute approximate surface area is 173 Å². The largest absolute Gasteiger partial charge is 0.338 e. The topological polar surface area (TPSA) is 67.2 Å². The van der Waals surface area contributed by atoms with Gasteiger partial charge in [0.15, 0.2) is 5.16 Å². The highest BCUT2D eigenvalue weighted by Crippen LogP contribution is 2.32. The van der Waals surface area contributed by atoms with Crippen LogP contribution in [0.2, 0.25) is 0 Å². The molecule has 148 valence electrons. The molecule has 2 amide bonds. The molecule has 0 unspecified atom stereocenters. The van der Waals surface area contributed by atoms with Gasteiger partial charge in [-0.25, -0.2) is 4.98 Å². The van der Waals surface area contributed by atoms with E-state index in [0.717, 1.165) is 34.3 Å². The monoisotopic (exact) mass is 406 g/mol. The number of anilines is 1. The summed E-state index contributed by atoms with van der Waals surface area (Å²) in [5.41, 5.74) is 2.36. The zero-order valence-corrected chi connectivity index (χ0v) is 17.0. The van der Waals surface area contributed by atoms with Crippen LogP contribution < -0.4 is 5.32 Å². The Morgan fingerprint density at radius 2 is 1.97 bits per heavy atom. The molecule has 0 aliphatic carbocycles. The molecule has 4 rings (SSSR count). The Balaban J connectivity index is 1.44. The molecule has 1 aliphatic heterocycles. The van der Waals surface area contributed by atoms with Crippen LogP contribution in [0.3, 0.4) is 0 Å². The zero-order chi connectivity index (χ0) is 20.2. The van der Waals surface area contributed by atoms with Crippen molar-refractivity contribution in [3.8, 4) is 0 Å². The maximum Gasteiger partial charge on any atom is 0.255 e. The molecule has 29 heavy (non-hydrogen) atoms. The highest BCUT2D eigenvalue weighted by molar-refractivity contribution is 7.99. The third kappa shape index (κ3) is 4.51. The second-order valence-electron chi connectivity index (χ2n) is 6.99. The van der Waals surface area contributed by atoms with E-state index in [1.807, 2.05) is 59.1 Å². The lowest BCUT2D eigenvalue weighted by atomic mass is 10.1. The normalized spacial score (nSPS) is 13.7. The Kier molecular flexibility index (Phi) is 5.67. The van der Waals surface area contributed by atoms with Crippen LogP contribution >= 0.6 is 11.8 Å². The second-order valence-corrected chi connectivity index (χ2v) is 8.00. The number of hydrogen-bond acceptors (Lipinski definition) is 4. The van der Waals surface area contributed by atoms with Crippen molar-refractivity contribution in [2.24, 2.45) is 7.05 Å². The van der Waals surface area contributed by atoms with Crippen molar-refractivity contribution >= 4 is 29.3 Å². The number of imidazole rings is 1. The van der Waals surface area contributed by atoms with Crippen LogP contribution in [0.5, 0.6) is 0 Å². The van der Waals surface area contributed by atoms with Gasteiger partial charge >= 0.3 is 0 Å². The first-order valence-electron chi connectivity index (χ1n) is 9.52. The van der Waals surface area contributed by atoms with Crippen LogP contribution in [-0.2, 0) is 18.4 Å². The Hall–Kier alpha value is -3.06. The fourth-order valence-electron chi connectivity index (χ4n) is 3.26.